The van der Waals surface area contributed by atoms with Crippen molar-refractivity contribution in [3.63, 3.8) is 0 Å². The molecule has 11 nitrogen and oxygen atoms in total. The van der Waals surface area contributed by atoms with E-state index in [9.17, 15) is 25.0 Å². The van der Waals surface area contributed by atoms with Crippen molar-refractivity contribution in [1.82, 2.24) is 5.43 Å². The van der Waals surface area contributed by atoms with Crippen LogP contribution in [0.5, 0.6) is 0 Å². The van der Waals surface area contributed by atoms with Gasteiger partial charge in [0.15, 0.2) is 0 Å². The number of anilines is 1. The van der Waals surface area contributed by atoms with Crippen LogP contribution in [0.15, 0.2) is 83.0 Å². The monoisotopic (exact) mass is 460 g/mol. The number of carbonyl (C=O) groups excluding carboxylic acids is 1. The lowest BCUT2D eigenvalue weighted by Gasteiger charge is -2.07. The third-order valence-electron chi connectivity index (χ3n) is 4.75. The highest BCUT2D eigenvalue weighted by molar-refractivity contribution is 6.01. The Bertz CT molecular complexity index is 1320. The molecule has 0 unspecified atom stereocenters. The van der Waals surface area contributed by atoms with Crippen molar-refractivity contribution in [2.45, 2.75) is 13.8 Å². The van der Waals surface area contributed by atoms with Gasteiger partial charge >= 0.3 is 0 Å². The summed E-state index contributed by atoms with van der Waals surface area (Å²) in [5, 5.41) is 30.1. The van der Waals surface area contributed by atoms with Crippen LogP contribution in [0.3, 0.4) is 0 Å². The number of hydrazone groups is 2. The molecule has 0 fully saturated rings. The Hall–Kier alpha value is -4.93. The highest BCUT2D eigenvalue weighted by atomic mass is 16.6. The Balaban J connectivity index is 1.69. The summed E-state index contributed by atoms with van der Waals surface area (Å²) in [6, 6.07) is 18.6. The van der Waals surface area contributed by atoms with Gasteiger partial charge in [-0.05, 0) is 32.0 Å². The predicted octanol–water partition coefficient (Wildman–Crippen LogP) is 4.49. The molecule has 0 saturated carbocycles. The summed E-state index contributed by atoms with van der Waals surface area (Å²) in [6.07, 6.45) is 0. The van der Waals surface area contributed by atoms with E-state index in [4.69, 9.17) is 0 Å². The third kappa shape index (κ3) is 6.07. The van der Waals surface area contributed by atoms with Gasteiger partial charge in [-0.1, -0.05) is 30.3 Å². The molecule has 34 heavy (non-hydrogen) atoms. The van der Waals surface area contributed by atoms with Crippen molar-refractivity contribution in [3.8, 4) is 0 Å². The van der Waals surface area contributed by atoms with Gasteiger partial charge in [0, 0.05) is 41.0 Å². The summed E-state index contributed by atoms with van der Waals surface area (Å²) < 4.78 is 0. The van der Waals surface area contributed by atoms with Crippen molar-refractivity contribution in [1.29, 1.82) is 0 Å². The molecule has 3 rings (SSSR count). The van der Waals surface area contributed by atoms with Crippen molar-refractivity contribution in [3.05, 3.63) is 110 Å². The van der Waals surface area contributed by atoms with E-state index in [1.54, 1.807) is 62.4 Å². The van der Waals surface area contributed by atoms with E-state index in [1.165, 1.54) is 24.3 Å². The zero-order chi connectivity index (χ0) is 24.7. The topological polar surface area (TPSA) is 152 Å². The number of rotatable bonds is 8. The molecule has 0 atom stereocenters. The van der Waals surface area contributed by atoms with E-state index in [2.05, 4.69) is 21.1 Å². The van der Waals surface area contributed by atoms with E-state index in [0.717, 1.165) is 0 Å². The molecule has 0 aromatic heterocycles. The molecule has 0 aliphatic carbocycles. The van der Waals surface area contributed by atoms with Crippen molar-refractivity contribution < 1.29 is 14.6 Å². The van der Waals surface area contributed by atoms with Crippen LogP contribution in [0.25, 0.3) is 0 Å². The SMILES string of the molecule is C/C(=N\NC(=O)c1cccc(N/N=C(\C)c2cccc([N+](=O)[O-])c2)c1)c1cccc([N+](=O)[O-])c1. The average molecular weight is 460 g/mol. The number of carbonyl (C=O) groups is 1. The van der Waals surface area contributed by atoms with Gasteiger partial charge in [0.05, 0.1) is 27.0 Å². The smallest absolute Gasteiger partial charge is 0.271 e. The maximum Gasteiger partial charge on any atom is 0.271 e. The molecule has 0 aliphatic heterocycles. The van der Waals surface area contributed by atoms with Gasteiger partial charge in [-0.25, -0.2) is 5.43 Å². The van der Waals surface area contributed by atoms with Crippen LogP contribution in [0.2, 0.25) is 0 Å². The molecule has 172 valence electrons. The summed E-state index contributed by atoms with van der Waals surface area (Å²) in [7, 11) is 0. The zero-order valence-corrected chi connectivity index (χ0v) is 18.3. The van der Waals surface area contributed by atoms with Crippen LogP contribution in [0.1, 0.15) is 35.3 Å². The fourth-order valence-electron chi connectivity index (χ4n) is 2.90. The van der Waals surface area contributed by atoms with Gasteiger partial charge in [0.1, 0.15) is 0 Å². The molecule has 3 aromatic carbocycles. The summed E-state index contributed by atoms with van der Waals surface area (Å²) in [5.41, 5.74) is 8.02. The molecule has 1 amide bonds. The van der Waals surface area contributed by atoms with Crippen LogP contribution in [-0.4, -0.2) is 27.2 Å². The third-order valence-corrected chi connectivity index (χ3v) is 4.75. The predicted molar refractivity (Wildman–Crippen MR) is 128 cm³/mol. The highest BCUT2D eigenvalue weighted by Crippen LogP contribution is 2.16. The van der Waals surface area contributed by atoms with Crippen LogP contribution in [0, 0.1) is 20.2 Å². The molecule has 2 N–H and O–H groups in total. The number of amides is 1. The number of benzene rings is 3. The summed E-state index contributed by atoms with van der Waals surface area (Å²) >= 11 is 0. The first-order chi connectivity index (χ1) is 16.2. The van der Waals surface area contributed by atoms with E-state index in [0.29, 0.717) is 33.8 Å². The van der Waals surface area contributed by atoms with Gasteiger partial charge in [0.2, 0.25) is 0 Å². The normalized spacial score (nSPS) is 11.6. The minimum absolute atomic E-state index is 0.0355. The molecule has 0 saturated heterocycles. The molecule has 0 radical (unpaired) electrons. The van der Waals surface area contributed by atoms with Gasteiger partial charge in [-0.15, -0.1) is 0 Å². The van der Waals surface area contributed by atoms with Gasteiger partial charge in [-0.2, -0.15) is 10.2 Å². The standard InChI is InChI=1S/C23H20N6O5/c1-15(17-6-4-10-21(13-17)28(31)32)24-26-20-9-3-8-19(12-20)23(30)27-25-16(2)18-7-5-11-22(14-18)29(33)34/h3-14,26H,1-2H3,(H,27,30)/b24-15+,25-16+. The Kier molecular flexibility index (Phi) is 7.39. The van der Waals surface area contributed by atoms with E-state index in [-0.39, 0.29) is 11.4 Å². The number of hydrogen-bond acceptors (Lipinski definition) is 8. The number of nitro groups is 2. The fourth-order valence-corrected chi connectivity index (χ4v) is 2.90. The van der Waals surface area contributed by atoms with Gasteiger partial charge in [-0.3, -0.25) is 30.4 Å². The minimum Gasteiger partial charge on any atom is -0.278 e. The van der Waals surface area contributed by atoms with Crippen LogP contribution in [0.4, 0.5) is 17.1 Å². The van der Waals surface area contributed by atoms with Gasteiger partial charge in [0.25, 0.3) is 17.3 Å². The molecule has 0 aliphatic rings. The Morgan fingerprint density at radius 3 is 1.79 bits per heavy atom. The summed E-state index contributed by atoms with van der Waals surface area (Å²) in [4.78, 5) is 33.4. The molecule has 3 aromatic rings. The van der Waals surface area contributed by atoms with Crippen LogP contribution in [-0.2, 0) is 0 Å². The van der Waals surface area contributed by atoms with Crippen molar-refractivity contribution in [2.24, 2.45) is 10.2 Å². The number of hydrogen-bond donors (Lipinski definition) is 2. The zero-order valence-electron chi connectivity index (χ0n) is 18.3. The number of nitro benzene ring substituents is 2. The molecule has 0 bridgehead atoms. The van der Waals surface area contributed by atoms with Gasteiger partial charge < -0.3 is 0 Å². The lowest BCUT2D eigenvalue weighted by molar-refractivity contribution is -0.385. The minimum atomic E-state index is -0.503. The molecule has 0 spiro atoms. The molecule has 11 heteroatoms. The number of non-ortho nitro benzene ring substituents is 2. The second-order valence-corrected chi connectivity index (χ2v) is 7.14. The molecular formula is C23H20N6O5. The Labute approximate surface area is 194 Å². The lowest BCUT2D eigenvalue weighted by atomic mass is 10.1. The maximum atomic E-state index is 12.5. The Morgan fingerprint density at radius 2 is 1.24 bits per heavy atom. The van der Waals surface area contributed by atoms with E-state index >= 15 is 0 Å². The van der Waals surface area contributed by atoms with Crippen molar-refractivity contribution in [2.75, 3.05) is 5.43 Å². The first-order valence-corrected chi connectivity index (χ1v) is 9.99. The second-order valence-electron chi connectivity index (χ2n) is 7.14. The Morgan fingerprint density at radius 1 is 0.735 bits per heavy atom. The lowest BCUT2D eigenvalue weighted by Crippen LogP contribution is -2.19. The first-order valence-electron chi connectivity index (χ1n) is 9.99. The first kappa shape index (κ1) is 23.7. The molecular weight excluding hydrogens is 440 g/mol. The van der Waals surface area contributed by atoms with Crippen LogP contribution >= 0.6 is 0 Å². The highest BCUT2D eigenvalue weighted by Gasteiger charge is 2.10. The fraction of sp³-hybridized carbons (Fsp3) is 0.0870. The second kappa shape index (κ2) is 10.6. The number of nitrogens with one attached hydrogen (secondary N) is 2. The average Bonchev–Trinajstić information content (AvgIpc) is 2.85. The summed E-state index contributed by atoms with van der Waals surface area (Å²) in [6.45, 7) is 3.33. The van der Waals surface area contributed by atoms with Crippen molar-refractivity contribution >= 4 is 34.4 Å². The number of nitrogens with zero attached hydrogens (tertiary/aromatic N) is 4. The summed E-state index contributed by atoms with van der Waals surface area (Å²) in [5.74, 6) is -0.479. The molecule has 0 heterocycles. The largest absolute Gasteiger partial charge is 0.278 e. The quantitative estimate of drug-likeness (QED) is 0.287. The van der Waals surface area contributed by atoms with Crippen LogP contribution < -0.4 is 10.9 Å². The van der Waals surface area contributed by atoms with E-state index < -0.39 is 15.8 Å². The van der Waals surface area contributed by atoms with E-state index in [1.807, 2.05) is 0 Å². The maximum absolute atomic E-state index is 12.5.